The van der Waals surface area contributed by atoms with Crippen LogP contribution in [0.5, 0.6) is 0 Å². The minimum absolute atomic E-state index is 1.25. The molecular formula is C10H23N. The van der Waals surface area contributed by atoms with Gasteiger partial charge in [0.15, 0.2) is 0 Å². The summed E-state index contributed by atoms with van der Waals surface area (Å²) in [6.07, 6.45) is 5.49. The highest BCUT2D eigenvalue weighted by Gasteiger charge is 2.06. The van der Waals surface area contributed by atoms with Crippen molar-refractivity contribution in [3.8, 4) is 0 Å². The molecule has 0 unspecified atom stereocenters. The molecule has 1 rings (SSSR count). The van der Waals surface area contributed by atoms with E-state index in [1.165, 1.54) is 45.3 Å². The molecule has 1 heterocycles. The van der Waals surface area contributed by atoms with Gasteiger partial charge in [0.25, 0.3) is 0 Å². The summed E-state index contributed by atoms with van der Waals surface area (Å²) in [6, 6.07) is 0. The van der Waals surface area contributed by atoms with E-state index in [0.29, 0.717) is 0 Å². The molecule has 0 bridgehead atoms. The fraction of sp³-hybridized carbons (Fsp3) is 1.00. The standard InChI is InChI=1S/C6H13N.C4H10/c1-2-7-5-3-4-6-7;1-3-4-2/h2-6H2,1H3;3-4H2,1-2H3. The lowest BCUT2D eigenvalue weighted by Crippen LogP contribution is -2.17. The number of likely N-dealkylation sites (tertiary alicyclic amines) is 1. The molecule has 0 aliphatic carbocycles. The van der Waals surface area contributed by atoms with Gasteiger partial charge >= 0.3 is 0 Å². The van der Waals surface area contributed by atoms with E-state index in [9.17, 15) is 0 Å². The minimum Gasteiger partial charge on any atom is -0.304 e. The van der Waals surface area contributed by atoms with Crippen molar-refractivity contribution >= 4 is 0 Å². The van der Waals surface area contributed by atoms with Crippen molar-refractivity contribution in [2.45, 2.75) is 46.5 Å². The zero-order valence-electron chi connectivity index (χ0n) is 8.40. The highest BCUT2D eigenvalue weighted by Crippen LogP contribution is 2.04. The maximum atomic E-state index is 2.49. The molecule has 68 valence electrons. The number of nitrogens with zero attached hydrogens (tertiary/aromatic N) is 1. The Morgan fingerprint density at radius 1 is 0.909 bits per heavy atom. The van der Waals surface area contributed by atoms with Gasteiger partial charge in [-0.25, -0.2) is 0 Å². The van der Waals surface area contributed by atoms with Crippen LogP contribution < -0.4 is 0 Å². The molecule has 1 aliphatic heterocycles. The molecule has 0 aromatic carbocycles. The fourth-order valence-electron chi connectivity index (χ4n) is 1.10. The molecule has 1 fully saturated rings. The van der Waals surface area contributed by atoms with Gasteiger partial charge in [0.05, 0.1) is 0 Å². The second-order valence-corrected chi connectivity index (χ2v) is 3.14. The predicted octanol–water partition coefficient (Wildman–Crippen LogP) is 2.91. The van der Waals surface area contributed by atoms with Gasteiger partial charge in [-0.2, -0.15) is 0 Å². The molecule has 0 N–H and O–H groups in total. The smallest absolute Gasteiger partial charge is 0.00184 e. The lowest BCUT2D eigenvalue weighted by Gasteiger charge is -2.08. The van der Waals surface area contributed by atoms with Crippen molar-refractivity contribution in [3.63, 3.8) is 0 Å². The molecule has 0 saturated carbocycles. The van der Waals surface area contributed by atoms with E-state index in [4.69, 9.17) is 0 Å². The Labute approximate surface area is 71.8 Å². The molecule has 0 aromatic rings. The summed E-state index contributed by atoms with van der Waals surface area (Å²) in [6.45, 7) is 10.5. The van der Waals surface area contributed by atoms with E-state index in [0.717, 1.165) is 0 Å². The maximum absolute atomic E-state index is 2.49. The van der Waals surface area contributed by atoms with E-state index < -0.39 is 0 Å². The summed E-state index contributed by atoms with van der Waals surface area (Å²) in [5.74, 6) is 0. The van der Waals surface area contributed by atoms with Crippen LogP contribution in [0.1, 0.15) is 46.5 Å². The quantitative estimate of drug-likeness (QED) is 0.595. The maximum Gasteiger partial charge on any atom is -0.00184 e. The van der Waals surface area contributed by atoms with Crippen LogP contribution in [0.4, 0.5) is 0 Å². The van der Waals surface area contributed by atoms with E-state index >= 15 is 0 Å². The molecule has 1 saturated heterocycles. The van der Waals surface area contributed by atoms with Crippen molar-refractivity contribution in [2.24, 2.45) is 0 Å². The van der Waals surface area contributed by atoms with Gasteiger partial charge in [-0.3, -0.25) is 0 Å². The van der Waals surface area contributed by atoms with Crippen LogP contribution in [0, 0.1) is 0 Å². The van der Waals surface area contributed by atoms with Gasteiger partial charge in [-0.05, 0) is 32.5 Å². The Bertz CT molecular complexity index is 63.3. The van der Waals surface area contributed by atoms with E-state index in [-0.39, 0.29) is 0 Å². The third-order valence-corrected chi connectivity index (χ3v) is 2.15. The van der Waals surface area contributed by atoms with Gasteiger partial charge in [-0.15, -0.1) is 0 Å². The molecule has 0 aromatic heterocycles. The molecule has 0 radical (unpaired) electrons. The zero-order valence-corrected chi connectivity index (χ0v) is 8.40. The Balaban J connectivity index is 0.000000218. The van der Waals surface area contributed by atoms with Crippen LogP contribution >= 0.6 is 0 Å². The minimum atomic E-state index is 1.25. The van der Waals surface area contributed by atoms with E-state index in [1.807, 2.05) is 0 Å². The highest BCUT2D eigenvalue weighted by atomic mass is 15.1. The first kappa shape index (κ1) is 11.0. The lowest BCUT2D eigenvalue weighted by atomic mass is 10.4. The van der Waals surface area contributed by atoms with Gasteiger partial charge < -0.3 is 4.90 Å². The SMILES string of the molecule is CCCC.CCN1CCCC1. The number of hydrogen-bond donors (Lipinski definition) is 0. The molecule has 1 heteroatoms. The van der Waals surface area contributed by atoms with E-state index in [1.54, 1.807) is 0 Å². The van der Waals surface area contributed by atoms with Crippen LogP contribution in [0.2, 0.25) is 0 Å². The third kappa shape index (κ3) is 6.36. The molecule has 1 nitrogen and oxygen atoms in total. The summed E-state index contributed by atoms with van der Waals surface area (Å²) in [7, 11) is 0. The predicted molar refractivity (Wildman–Crippen MR) is 51.9 cm³/mol. The van der Waals surface area contributed by atoms with Crippen LogP contribution in [0.15, 0.2) is 0 Å². The van der Waals surface area contributed by atoms with Crippen LogP contribution in [0.25, 0.3) is 0 Å². The van der Waals surface area contributed by atoms with Crippen molar-refractivity contribution in [1.29, 1.82) is 0 Å². The first-order valence-electron chi connectivity index (χ1n) is 5.07. The zero-order chi connectivity index (χ0) is 8.53. The van der Waals surface area contributed by atoms with Crippen LogP contribution in [-0.4, -0.2) is 24.5 Å². The Morgan fingerprint density at radius 3 is 1.55 bits per heavy atom. The second-order valence-electron chi connectivity index (χ2n) is 3.14. The number of rotatable bonds is 2. The van der Waals surface area contributed by atoms with Crippen LogP contribution in [0.3, 0.4) is 0 Å². The summed E-state index contributed by atoms with van der Waals surface area (Å²) in [5, 5.41) is 0. The van der Waals surface area contributed by atoms with E-state index in [2.05, 4.69) is 25.7 Å². The molecule has 11 heavy (non-hydrogen) atoms. The third-order valence-electron chi connectivity index (χ3n) is 2.15. The Kier molecular flexibility index (Phi) is 8.03. The monoisotopic (exact) mass is 157 g/mol. The van der Waals surface area contributed by atoms with Gasteiger partial charge in [0.2, 0.25) is 0 Å². The normalized spacial score (nSPS) is 17.7. The van der Waals surface area contributed by atoms with Crippen molar-refractivity contribution in [1.82, 2.24) is 4.90 Å². The van der Waals surface area contributed by atoms with Gasteiger partial charge in [-0.1, -0.05) is 33.6 Å². The summed E-state index contributed by atoms with van der Waals surface area (Å²) >= 11 is 0. The van der Waals surface area contributed by atoms with Crippen LogP contribution in [-0.2, 0) is 0 Å². The average molecular weight is 157 g/mol. The first-order valence-corrected chi connectivity index (χ1v) is 5.07. The van der Waals surface area contributed by atoms with Gasteiger partial charge in [0, 0.05) is 0 Å². The first-order chi connectivity index (χ1) is 5.35. The molecule has 0 spiro atoms. The van der Waals surface area contributed by atoms with Crippen molar-refractivity contribution in [3.05, 3.63) is 0 Å². The Hall–Kier alpha value is -0.0400. The summed E-state index contributed by atoms with van der Waals surface area (Å²) < 4.78 is 0. The fourth-order valence-corrected chi connectivity index (χ4v) is 1.10. The molecular weight excluding hydrogens is 134 g/mol. The second kappa shape index (κ2) is 8.06. The number of unbranched alkanes of at least 4 members (excludes halogenated alkanes) is 1. The molecule has 0 amide bonds. The lowest BCUT2D eigenvalue weighted by molar-refractivity contribution is 0.359. The van der Waals surface area contributed by atoms with Crippen molar-refractivity contribution in [2.75, 3.05) is 19.6 Å². The topological polar surface area (TPSA) is 3.24 Å². The highest BCUT2D eigenvalue weighted by molar-refractivity contribution is 4.62. The Morgan fingerprint density at radius 2 is 1.36 bits per heavy atom. The largest absolute Gasteiger partial charge is 0.304 e. The summed E-state index contributed by atoms with van der Waals surface area (Å²) in [5.41, 5.74) is 0. The van der Waals surface area contributed by atoms with Crippen molar-refractivity contribution < 1.29 is 0 Å². The molecule has 0 atom stereocenters. The molecule has 1 aliphatic rings. The summed E-state index contributed by atoms with van der Waals surface area (Å²) in [4.78, 5) is 2.49. The van der Waals surface area contributed by atoms with Gasteiger partial charge in [0.1, 0.15) is 0 Å². The number of hydrogen-bond acceptors (Lipinski definition) is 1. The average Bonchev–Trinajstić information content (AvgIpc) is 2.56.